The molecule has 5 nitrogen and oxygen atoms in total. The first-order chi connectivity index (χ1) is 6.52. The molecule has 0 aromatic heterocycles. The molecule has 0 heterocycles. The predicted molar refractivity (Wildman–Crippen MR) is 65.8 cm³/mol. The van der Waals surface area contributed by atoms with Crippen molar-refractivity contribution >= 4 is 27.4 Å². The van der Waals surface area contributed by atoms with E-state index in [4.69, 9.17) is 18.0 Å². The molecule has 15 heavy (non-hydrogen) atoms. The Morgan fingerprint density at radius 3 is 2.27 bits per heavy atom. The SMILES string of the molecule is CC(CC(N)=S)NS(=O)(=O)NC(C)(C)C. The Morgan fingerprint density at radius 1 is 1.47 bits per heavy atom. The van der Waals surface area contributed by atoms with Crippen molar-refractivity contribution in [1.82, 2.24) is 9.44 Å². The summed E-state index contributed by atoms with van der Waals surface area (Å²) in [4.78, 5) is 0.293. The minimum Gasteiger partial charge on any atom is -0.393 e. The first kappa shape index (κ1) is 14.8. The van der Waals surface area contributed by atoms with Gasteiger partial charge in [0.2, 0.25) is 0 Å². The van der Waals surface area contributed by atoms with Gasteiger partial charge in [0.1, 0.15) is 0 Å². The van der Waals surface area contributed by atoms with Crippen LogP contribution in [0, 0.1) is 0 Å². The molecule has 4 N–H and O–H groups in total. The molecule has 0 amide bonds. The van der Waals surface area contributed by atoms with Gasteiger partial charge in [0, 0.05) is 18.0 Å². The second-order valence-corrected chi connectivity index (χ2v) is 6.52. The van der Waals surface area contributed by atoms with E-state index in [2.05, 4.69) is 9.44 Å². The van der Waals surface area contributed by atoms with Crippen LogP contribution in [0.3, 0.4) is 0 Å². The molecule has 0 spiro atoms. The van der Waals surface area contributed by atoms with Crippen LogP contribution < -0.4 is 15.2 Å². The average Bonchev–Trinajstić information content (AvgIpc) is 1.73. The predicted octanol–water partition coefficient (Wildman–Crippen LogP) is 0.274. The van der Waals surface area contributed by atoms with Crippen LogP contribution in [0.2, 0.25) is 0 Å². The molecule has 0 fully saturated rings. The molecule has 0 aliphatic carbocycles. The fourth-order valence-corrected chi connectivity index (χ4v) is 2.77. The molecule has 1 atom stereocenters. The van der Waals surface area contributed by atoms with Crippen molar-refractivity contribution < 1.29 is 8.42 Å². The second-order valence-electron chi connectivity index (χ2n) is 4.54. The number of hydrogen-bond acceptors (Lipinski definition) is 3. The molecule has 0 saturated carbocycles. The van der Waals surface area contributed by atoms with Crippen molar-refractivity contribution in [2.24, 2.45) is 5.73 Å². The van der Waals surface area contributed by atoms with Crippen molar-refractivity contribution in [2.75, 3.05) is 0 Å². The molecule has 0 bridgehead atoms. The van der Waals surface area contributed by atoms with E-state index in [1.165, 1.54) is 0 Å². The summed E-state index contributed by atoms with van der Waals surface area (Å²) in [6.07, 6.45) is 0.348. The minimum absolute atomic E-state index is 0.293. The van der Waals surface area contributed by atoms with E-state index in [9.17, 15) is 8.42 Å². The summed E-state index contributed by atoms with van der Waals surface area (Å²) in [7, 11) is -3.50. The van der Waals surface area contributed by atoms with Crippen molar-refractivity contribution in [3.05, 3.63) is 0 Å². The highest BCUT2D eigenvalue weighted by Gasteiger charge is 2.21. The summed E-state index contributed by atoms with van der Waals surface area (Å²) < 4.78 is 28.0. The highest BCUT2D eigenvalue weighted by molar-refractivity contribution is 7.87. The molecule has 1 unspecified atom stereocenters. The van der Waals surface area contributed by atoms with E-state index in [1.54, 1.807) is 27.7 Å². The first-order valence-electron chi connectivity index (χ1n) is 4.61. The molecule has 0 rings (SSSR count). The highest BCUT2D eigenvalue weighted by atomic mass is 32.2. The Balaban J connectivity index is 4.33. The average molecular weight is 253 g/mol. The van der Waals surface area contributed by atoms with E-state index in [-0.39, 0.29) is 6.04 Å². The number of thiocarbonyl (C=S) groups is 1. The lowest BCUT2D eigenvalue weighted by atomic mass is 10.1. The maximum atomic E-state index is 11.5. The summed E-state index contributed by atoms with van der Waals surface area (Å²) in [5.41, 5.74) is 4.81. The van der Waals surface area contributed by atoms with Crippen LogP contribution >= 0.6 is 12.2 Å². The zero-order valence-electron chi connectivity index (χ0n) is 9.49. The van der Waals surface area contributed by atoms with Crippen molar-refractivity contribution in [2.45, 2.75) is 45.7 Å². The van der Waals surface area contributed by atoms with Gasteiger partial charge in [-0.1, -0.05) is 12.2 Å². The van der Waals surface area contributed by atoms with Crippen molar-refractivity contribution in [1.29, 1.82) is 0 Å². The van der Waals surface area contributed by atoms with Crippen LogP contribution in [0.1, 0.15) is 34.1 Å². The molecule has 0 radical (unpaired) electrons. The van der Waals surface area contributed by atoms with Gasteiger partial charge in [-0.3, -0.25) is 0 Å². The van der Waals surface area contributed by atoms with Crippen LogP contribution in [0.4, 0.5) is 0 Å². The van der Waals surface area contributed by atoms with Crippen LogP contribution in [0.25, 0.3) is 0 Å². The molecular weight excluding hydrogens is 234 g/mol. The monoisotopic (exact) mass is 253 g/mol. The Morgan fingerprint density at radius 2 is 1.93 bits per heavy atom. The highest BCUT2D eigenvalue weighted by Crippen LogP contribution is 2.02. The zero-order valence-corrected chi connectivity index (χ0v) is 11.1. The van der Waals surface area contributed by atoms with Gasteiger partial charge in [-0.15, -0.1) is 0 Å². The topological polar surface area (TPSA) is 84.2 Å². The van der Waals surface area contributed by atoms with E-state index in [1.807, 2.05) is 0 Å². The molecule has 0 aromatic carbocycles. The van der Waals surface area contributed by atoms with Crippen LogP contribution in [0.5, 0.6) is 0 Å². The van der Waals surface area contributed by atoms with Gasteiger partial charge < -0.3 is 5.73 Å². The van der Waals surface area contributed by atoms with Gasteiger partial charge in [-0.05, 0) is 27.7 Å². The molecule has 7 heteroatoms. The van der Waals surface area contributed by atoms with Crippen molar-refractivity contribution in [3.63, 3.8) is 0 Å². The van der Waals surface area contributed by atoms with Gasteiger partial charge in [0.15, 0.2) is 0 Å². The van der Waals surface area contributed by atoms with Crippen molar-refractivity contribution in [3.8, 4) is 0 Å². The molecule has 0 aliphatic rings. The second kappa shape index (κ2) is 5.20. The van der Waals surface area contributed by atoms with E-state index in [0.717, 1.165) is 0 Å². The van der Waals surface area contributed by atoms with Gasteiger partial charge in [0.05, 0.1) is 4.99 Å². The van der Waals surface area contributed by atoms with Gasteiger partial charge in [-0.25, -0.2) is 0 Å². The molecular formula is C8H19N3O2S2. The number of nitrogens with two attached hydrogens (primary N) is 1. The lowest BCUT2D eigenvalue weighted by Crippen LogP contribution is -2.49. The largest absolute Gasteiger partial charge is 0.393 e. The third-order valence-corrected chi connectivity index (χ3v) is 3.06. The maximum absolute atomic E-state index is 11.5. The summed E-state index contributed by atoms with van der Waals surface area (Å²) in [5.74, 6) is 0. The third kappa shape index (κ3) is 8.73. The van der Waals surface area contributed by atoms with Crippen LogP contribution in [-0.4, -0.2) is 25.0 Å². The van der Waals surface area contributed by atoms with Gasteiger partial charge in [0.25, 0.3) is 10.2 Å². The quantitative estimate of drug-likeness (QED) is 0.614. The summed E-state index contributed by atoms with van der Waals surface area (Å²) >= 11 is 4.69. The molecule has 0 aromatic rings. The number of nitrogens with one attached hydrogen (secondary N) is 2. The third-order valence-electron chi connectivity index (χ3n) is 1.30. The molecule has 0 aliphatic heterocycles. The van der Waals surface area contributed by atoms with E-state index in [0.29, 0.717) is 11.4 Å². The standard InChI is InChI=1S/C8H19N3O2S2/c1-6(5-7(9)14)10-15(12,13)11-8(2,3)4/h6,10-11H,5H2,1-4H3,(H2,9,14). The van der Waals surface area contributed by atoms with Crippen LogP contribution in [-0.2, 0) is 10.2 Å². The number of hydrogen-bond donors (Lipinski definition) is 3. The van der Waals surface area contributed by atoms with E-state index < -0.39 is 15.7 Å². The maximum Gasteiger partial charge on any atom is 0.277 e. The minimum atomic E-state index is -3.50. The zero-order chi connectivity index (χ0) is 12.3. The summed E-state index contributed by atoms with van der Waals surface area (Å²) in [6.45, 7) is 7.01. The molecule has 0 saturated heterocycles. The smallest absolute Gasteiger partial charge is 0.277 e. The Bertz CT molecular complexity index is 319. The van der Waals surface area contributed by atoms with Gasteiger partial charge in [-0.2, -0.15) is 17.9 Å². The van der Waals surface area contributed by atoms with Gasteiger partial charge >= 0.3 is 0 Å². The lowest BCUT2D eigenvalue weighted by molar-refractivity contribution is 0.477. The van der Waals surface area contributed by atoms with Crippen LogP contribution in [0.15, 0.2) is 0 Å². The normalized spacial score (nSPS) is 14.9. The summed E-state index contributed by atoms with van der Waals surface area (Å²) in [5, 5.41) is 0. The summed E-state index contributed by atoms with van der Waals surface area (Å²) in [6, 6.07) is -0.303. The lowest BCUT2D eigenvalue weighted by Gasteiger charge is -2.22. The van der Waals surface area contributed by atoms with E-state index >= 15 is 0 Å². The number of rotatable bonds is 5. The Kier molecular flexibility index (Phi) is 5.12. The Labute approximate surface area is 97.0 Å². The first-order valence-corrected chi connectivity index (χ1v) is 6.50. The fourth-order valence-electron chi connectivity index (χ4n) is 1.04. The fraction of sp³-hybridized carbons (Fsp3) is 0.875. The Hall–Kier alpha value is -0.240. The molecule has 90 valence electrons.